The normalized spacial score (nSPS) is 11.2. The summed E-state index contributed by atoms with van der Waals surface area (Å²) in [6.45, 7) is -1.12. The zero-order valence-corrected chi connectivity index (χ0v) is 15.5. The number of aromatic nitrogens is 3. The lowest BCUT2D eigenvalue weighted by molar-refractivity contribution is -0.154. The lowest BCUT2D eigenvalue weighted by atomic mass is 10.2. The first-order valence-corrected chi connectivity index (χ1v) is 8.76. The van der Waals surface area contributed by atoms with E-state index in [0.717, 1.165) is 0 Å². The van der Waals surface area contributed by atoms with Crippen molar-refractivity contribution in [1.29, 1.82) is 0 Å². The summed E-state index contributed by atoms with van der Waals surface area (Å²) in [5.41, 5.74) is 1.42. The van der Waals surface area contributed by atoms with Gasteiger partial charge in [-0.2, -0.15) is 28.1 Å². The Morgan fingerprint density at radius 3 is 1.73 bits per heavy atom. The number of hydrogen-bond acceptors (Lipinski definition) is 8. The molecule has 0 unspecified atom stereocenters. The number of phenolic OH excluding ortho intramolecular Hbond substituents is 2. The average molecular weight is 421 g/mol. The van der Waals surface area contributed by atoms with E-state index in [0.29, 0.717) is 11.1 Å². The molecule has 0 aliphatic rings. The molecule has 0 saturated carbocycles. The van der Waals surface area contributed by atoms with E-state index in [1.165, 1.54) is 24.3 Å². The number of anilines is 2. The smallest absolute Gasteiger partial charge is 0.422 e. The van der Waals surface area contributed by atoms with Gasteiger partial charge in [-0.05, 0) is 35.4 Å². The van der Waals surface area contributed by atoms with Gasteiger partial charge >= 0.3 is 12.2 Å². The fraction of sp³-hybridized carbons (Fsp3) is 0.211. The molecule has 0 atom stereocenters. The molecule has 0 spiro atoms. The van der Waals surface area contributed by atoms with E-state index in [2.05, 4.69) is 30.3 Å². The van der Waals surface area contributed by atoms with Gasteiger partial charge in [0.05, 0.1) is 0 Å². The van der Waals surface area contributed by atoms with Gasteiger partial charge in [-0.1, -0.05) is 24.3 Å². The van der Waals surface area contributed by atoms with Crippen LogP contribution in [0.25, 0.3) is 0 Å². The van der Waals surface area contributed by atoms with Crippen molar-refractivity contribution in [2.45, 2.75) is 19.3 Å². The van der Waals surface area contributed by atoms with Crippen molar-refractivity contribution in [1.82, 2.24) is 15.0 Å². The van der Waals surface area contributed by atoms with Gasteiger partial charge in [0.1, 0.15) is 11.5 Å². The van der Waals surface area contributed by atoms with Crippen LogP contribution in [0, 0.1) is 0 Å². The zero-order valence-electron chi connectivity index (χ0n) is 15.5. The molecule has 2 aromatic carbocycles. The molecule has 1 heterocycles. The first-order valence-electron chi connectivity index (χ1n) is 8.76. The van der Waals surface area contributed by atoms with Crippen molar-refractivity contribution in [3.05, 3.63) is 59.7 Å². The predicted molar refractivity (Wildman–Crippen MR) is 102 cm³/mol. The molecule has 8 nitrogen and oxygen atoms in total. The summed E-state index contributed by atoms with van der Waals surface area (Å²) in [4.78, 5) is 11.8. The molecular weight excluding hydrogens is 403 g/mol. The first kappa shape index (κ1) is 21.0. The molecule has 0 amide bonds. The summed E-state index contributed by atoms with van der Waals surface area (Å²) in [6.07, 6.45) is -4.54. The maximum absolute atomic E-state index is 12.5. The molecule has 0 bridgehead atoms. The molecule has 3 aromatic rings. The second-order valence-corrected chi connectivity index (χ2v) is 6.22. The number of halogens is 3. The highest BCUT2D eigenvalue weighted by molar-refractivity contribution is 5.39. The Bertz CT molecular complexity index is 933. The Kier molecular flexibility index (Phi) is 6.40. The van der Waals surface area contributed by atoms with Crippen molar-refractivity contribution in [3.63, 3.8) is 0 Å². The molecule has 4 N–H and O–H groups in total. The molecule has 0 fully saturated rings. The number of rotatable bonds is 8. The predicted octanol–water partition coefficient (Wildman–Crippen LogP) is 3.45. The van der Waals surface area contributed by atoms with E-state index in [1.807, 2.05) is 0 Å². The quantitative estimate of drug-likeness (QED) is 0.438. The molecule has 1 aromatic heterocycles. The van der Waals surface area contributed by atoms with Crippen LogP contribution in [0.4, 0.5) is 25.1 Å². The number of aromatic hydroxyl groups is 2. The molecule has 0 saturated heterocycles. The van der Waals surface area contributed by atoms with Crippen molar-refractivity contribution in [2.75, 3.05) is 17.2 Å². The lowest BCUT2D eigenvalue weighted by Gasteiger charge is -2.12. The van der Waals surface area contributed by atoms with Crippen LogP contribution in [-0.4, -0.2) is 37.9 Å². The van der Waals surface area contributed by atoms with E-state index in [1.54, 1.807) is 24.3 Å². The fourth-order valence-corrected chi connectivity index (χ4v) is 2.42. The van der Waals surface area contributed by atoms with Crippen LogP contribution in [0.15, 0.2) is 48.5 Å². The summed E-state index contributed by atoms with van der Waals surface area (Å²) in [6, 6.07) is 12.4. The van der Waals surface area contributed by atoms with E-state index in [9.17, 15) is 23.4 Å². The highest BCUT2D eigenvalue weighted by Gasteiger charge is 2.29. The summed E-state index contributed by atoms with van der Waals surface area (Å²) >= 11 is 0. The van der Waals surface area contributed by atoms with Gasteiger partial charge in [-0.15, -0.1) is 0 Å². The number of hydrogen-bond donors (Lipinski definition) is 4. The van der Waals surface area contributed by atoms with E-state index in [-0.39, 0.29) is 36.5 Å². The first-order chi connectivity index (χ1) is 14.3. The van der Waals surface area contributed by atoms with Crippen LogP contribution in [0.2, 0.25) is 0 Å². The Morgan fingerprint density at radius 1 is 0.800 bits per heavy atom. The number of benzene rings is 2. The molecular formula is C19H18F3N5O3. The van der Waals surface area contributed by atoms with Gasteiger partial charge in [-0.3, -0.25) is 0 Å². The highest BCUT2D eigenvalue weighted by Crippen LogP contribution is 2.19. The van der Waals surface area contributed by atoms with E-state index in [4.69, 9.17) is 0 Å². The number of ether oxygens (including phenoxy) is 1. The molecule has 11 heteroatoms. The third-order valence-electron chi connectivity index (χ3n) is 3.70. The fourth-order valence-electron chi connectivity index (χ4n) is 2.42. The van der Waals surface area contributed by atoms with Crippen LogP contribution in [0.3, 0.4) is 0 Å². The third kappa shape index (κ3) is 6.69. The summed E-state index contributed by atoms with van der Waals surface area (Å²) in [5, 5.41) is 24.8. The Hall–Kier alpha value is -3.76. The minimum Gasteiger partial charge on any atom is -0.508 e. The number of phenols is 2. The number of nitrogens with zero attached hydrogens (tertiary/aromatic N) is 3. The van der Waals surface area contributed by atoms with Gasteiger partial charge in [-0.25, -0.2) is 0 Å². The van der Waals surface area contributed by atoms with Crippen LogP contribution < -0.4 is 15.4 Å². The van der Waals surface area contributed by atoms with Crippen LogP contribution >= 0.6 is 0 Å². The maximum Gasteiger partial charge on any atom is 0.422 e. The molecule has 0 radical (unpaired) electrons. The maximum atomic E-state index is 12.5. The van der Waals surface area contributed by atoms with Crippen LogP contribution in [-0.2, 0) is 13.1 Å². The zero-order chi connectivity index (χ0) is 21.6. The van der Waals surface area contributed by atoms with Crippen molar-refractivity contribution in [3.8, 4) is 17.5 Å². The van der Waals surface area contributed by atoms with Crippen molar-refractivity contribution < 1.29 is 28.1 Å². The Balaban J connectivity index is 1.75. The summed E-state index contributed by atoms with van der Waals surface area (Å²) in [5.74, 6) is 0.132. The number of alkyl halides is 3. The van der Waals surface area contributed by atoms with Gasteiger partial charge in [0.25, 0.3) is 0 Å². The molecule has 30 heavy (non-hydrogen) atoms. The lowest BCUT2D eigenvalue weighted by Crippen LogP contribution is -2.21. The van der Waals surface area contributed by atoms with Gasteiger partial charge in [0.2, 0.25) is 11.9 Å². The molecule has 3 rings (SSSR count). The second kappa shape index (κ2) is 9.16. The van der Waals surface area contributed by atoms with Gasteiger partial charge < -0.3 is 25.6 Å². The minimum absolute atomic E-state index is 0.0103. The SMILES string of the molecule is Oc1cccc(CNc2nc(NCc3cccc(O)c3)nc(OCC(F)(F)F)n2)c1. The Labute approximate surface area is 169 Å². The van der Waals surface area contributed by atoms with Crippen molar-refractivity contribution >= 4 is 11.9 Å². The largest absolute Gasteiger partial charge is 0.508 e. The number of nitrogens with one attached hydrogen (secondary N) is 2. The third-order valence-corrected chi connectivity index (χ3v) is 3.70. The highest BCUT2D eigenvalue weighted by atomic mass is 19.4. The summed E-state index contributed by atoms with van der Waals surface area (Å²) < 4.78 is 42.1. The second-order valence-electron chi connectivity index (χ2n) is 6.22. The monoisotopic (exact) mass is 421 g/mol. The van der Waals surface area contributed by atoms with Gasteiger partial charge in [0, 0.05) is 13.1 Å². The molecule has 158 valence electrons. The summed E-state index contributed by atoms with van der Waals surface area (Å²) in [7, 11) is 0. The van der Waals surface area contributed by atoms with E-state index < -0.39 is 18.8 Å². The molecule has 0 aliphatic carbocycles. The van der Waals surface area contributed by atoms with E-state index >= 15 is 0 Å². The van der Waals surface area contributed by atoms with Crippen LogP contribution in [0.1, 0.15) is 11.1 Å². The standard InChI is InChI=1S/C19H18F3N5O3/c20-19(21,22)11-30-18-26-16(23-9-12-3-1-5-14(28)7-12)25-17(27-18)24-10-13-4-2-6-15(29)8-13/h1-8,28-29H,9-11H2,(H2,23,24,25,26,27). The van der Waals surface area contributed by atoms with Crippen LogP contribution in [0.5, 0.6) is 17.5 Å². The van der Waals surface area contributed by atoms with Crippen molar-refractivity contribution in [2.24, 2.45) is 0 Å². The molecule has 0 aliphatic heterocycles. The topological polar surface area (TPSA) is 112 Å². The minimum atomic E-state index is -4.54. The van der Waals surface area contributed by atoms with Gasteiger partial charge in [0.15, 0.2) is 6.61 Å². The average Bonchev–Trinajstić information content (AvgIpc) is 2.69. The Morgan fingerprint density at radius 2 is 1.30 bits per heavy atom.